The lowest BCUT2D eigenvalue weighted by atomic mass is 10.00. The van der Waals surface area contributed by atoms with Crippen molar-refractivity contribution in [1.82, 2.24) is 20.2 Å². The number of benzene rings is 1. The van der Waals surface area contributed by atoms with Gasteiger partial charge in [0, 0.05) is 24.1 Å². The second-order valence-electron chi connectivity index (χ2n) is 7.22. The van der Waals surface area contributed by atoms with Gasteiger partial charge in [-0.15, -0.1) is 5.10 Å². The van der Waals surface area contributed by atoms with E-state index in [9.17, 15) is 4.79 Å². The number of tetrazole rings is 1. The molecular weight excluding hydrogens is 332 g/mol. The van der Waals surface area contributed by atoms with E-state index < -0.39 is 0 Å². The van der Waals surface area contributed by atoms with Crippen LogP contribution in [0, 0.1) is 5.92 Å². The first-order valence-electron chi connectivity index (χ1n) is 9.18. The van der Waals surface area contributed by atoms with Crippen molar-refractivity contribution < 1.29 is 9.53 Å². The van der Waals surface area contributed by atoms with Crippen molar-refractivity contribution in [3.8, 4) is 11.4 Å². The van der Waals surface area contributed by atoms with E-state index in [1.807, 2.05) is 18.2 Å². The van der Waals surface area contributed by atoms with Gasteiger partial charge in [-0.1, -0.05) is 6.42 Å². The lowest BCUT2D eigenvalue weighted by molar-refractivity contribution is -0.117. The normalized spacial score (nSPS) is 22.4. The van der Waals surface area contributed by atoms with Crippen molar-refractivity contribution in [2.45, 2.75) is 50.5 Å². The van der Waals surface area contributed by atoms with Crippen LogP contribution in [0.25, 0.3) is 5.69 Å². The van der Waals surface area contributed by atoms with E-state index in [1.165, 1.54) is 0 Å². The molecular formula is C18H24N6O2. The Morgan fingerprint density at radius 3 is 2.88 bits per heavy atom. The van der Waals surface area contributed by atoms with Crippen LogP contribution in [0.5, 0.6) is 5.75 Å². The number of nitrogens with two attached hydrogens (primary N) is 1. The molecule has 1 aromatic heterocycles. The number of methoxy groups -OCH3 is 1. The minimum Gasteiger partial charge on any atom is -0.494 e. The Kier molecular flexibility index (Phi) is 4.58. The number of nitrogens with zero attached hydrogens (tertiary/aromatic N) is 4. The Hall–Kier alpha value is -2.48. The Labute approximate surface area is 152 Å². The van der Waals surface area contributed by atoms with E-state index in [2.05, 4.69) is 20.8 Å². The van der Waals surface area contributed by atoms with E-state index in [-0.39, 0.29) is 17.9 Å². The van der Waals surface area contributed by atoms with Gasteiger partial charge in [-0.05, 0) is 60.2 Å². The molecule has 0 saturated heterocycles. The fraction of sp³-hybridized carbons (Fsp3) is 0.556. The molecule has 0 radical (unpaired) electrons. The van der Waals surface area contributed by atoms with E-state index in [0.717, 1.165) is 43.6 Å². The number of carbonyl (C=O) groups excluding carboxylic acids is 1. The van der Waals surface area contributed by atoms with E-state index in [1.54, 1.807) is 11.8 Å². The molecule has 26 heavy (non-hydrogen) atoms. The smallest absolute Gasteiger partial charge is 0.224 e. The van der Waals surface area contributed by atoms with Gasteiger partial charge in [-0.25, -0.2) is 0 Å². The standard InChI is InChI=1S/C18H24N6O2/c1-26-16-8-7-13(20-17(25)9-12-3-2-4-14(12)19)10-15(16)24-18(11-5-6-11)21-22-23-24/h7-8,10-12,14H,2-6,9,19H2,1H3,(H,20,25)/t12-,14+/m0/s1. The molecule has 1 aromatic carbocycles. The van der Waals surface area contributed by atoms with Gasteiger partial charge in [-0.3, -0.25) is 4.79 Å². The highest BCUT2D eigenvalue weighted by atomic mass is 16.5. The van der Waals surface area contributed by atoms with Crippen molar-refractivity contribution in [3.05, 3.63) is 24.0 Å². The van der Waals surface area contributed by atoms with Crippen LogP contribution in [0.1, 0.15) is 50.3 Å². The number of aromatic nitrogens is 4. The van der Waals surface area contributed by atoms with Crippen molar-refractivity contribution in [1.29, 1.82) is 0 Å². The monoisotopic (exact) mass is 356 g/mol. The summed E-state index contributed by atoms with van der Waals surface area (Å²) in [6.45, 7) is 0. The minimum atomic E-state index is -0.0115. The van der Waals surface area contributed by atoms with Crippen LogP contribution in [0.2, 0.25) is 0 Å². The molecule has 8 nitrogen and oxygen atoms in total. The number of hydrogen-bond donors (Lipinski definition) is 2. The lowest BCUT2D eigenvalue weighted by Gasteiger charge is -2.16. The van der Waals surface area contributed by atoms with Crippen LogP contribution in [-0.2, 0) is 4.79 Å². The number of anilines is 1. The zero-order valence-electron chi connectivity index (χ0n) is 14.9. The highest BCUT2D eigenvalue weighted by molar-refractivity contribution is 5.91. The van der Waals surface area contributed by atoms with Crippen LogP contribution in [-0.4, -0.2) is 39.3 Å². The van der Waals surface area contributed by atoms with Gasteiger partial charge in [0.25, 0.3) is 0 Å². The Balaban J connectivity index is 1.54. The molecule has 1 heterocycles. The summed E-state index contributed by atoms with van der Waals surface area (Å²) in [5.41, 5.74) is 7.51. The highest BCUT2D eigenvalue weighted by Gasteiger charge is 2.31. The van der Waals surface area contributed by atoms with Crippen molar-refractivity contribution >= 4 is 11.6 Å². The molecule has 2 aliphatic carbocycles. The summed E-state index contributed by atoms with van der Waals surface area (Å²) in [7, 11) is 1.61. The van der Waals surface area contributed by atoms with Gasteiger partial charge < -0.3 is 15.8 Å². The van der Waals surface area contributed by atoms with Crippen LogP contribution in [0.3, 0.4) is 0 Å². The minimum absolute atomic E-state index is 0.0115. The Morgan fingerprint density at radius 2 is 2.19 bits per heavy atom. The summed E-state index contributed by atoms with van der Waals surface area (Å²) in [4.78, 5) is 12.4. The summed E-state index contributed by atoms with van der Waals surface area (Å²) in [6.07, 6.45) is 5.79. The molecule has 1 amide bonds. The number of nitrogens with one attached hydrogen (secondary N) is 1. The molecule has 4 rings (SSSR count). The molecule has 2 atom stereocenters. The van der Waals surface area contributed by atoms with Gasteiger partial charge >= 0.3 is 0 Å². The quantitative estimate of drug-likeness (QED) is 0.820. The average molecular weight is 356 g/mol. The molecule has 2 fully saturated rings. The Bertz CT molecular complexity index is 801. The second-order valence-corrected chi connectivity index (χ2v) is 7.22. The molecule has 8 heteroatoms. The number of carbonyl (C=O) groups is 1. The predicted molar refractivity (Wildman–Crippen MR) is 96.2 cm³/mol. The number of amides is 1. The third-order valence-electron chi connectivity index (χ3n) is 5.29. The van der Waals surface area contributed by atoms with Crippen LogP contribution >= 0.6 is 0 Å². The first-order chi connectivity index (χ1) is 12.7. The zero-order valence-corrected chi connectivity index (χ0v) is 14.9. The van der Waals surface area contributed by atoms with Crippen molar-refractivity contribution in [2.75, 3.05) is 12.4 Å². The first-order valence-corrected chi connectivity index (χ1v) is 9.18. The van der Waals surface area contributed by atoms with Crippen molar-refractivity contribution in [3.63, 3.8) is 0 Å². The molecule has 0 spiro atoms. The predicted octanol–water partition coefficient (Wildman–Crippen LogP) is 2.00. The summed E-state index contributed by atoms with van der Waals surface area (Å²) in [6, 6.07) is 5.64. The second kappa shape index (κ2) is 7.03. The zero-order chi connectivity index (χ0) is 18.1. The Morgan fingerprint density at radius 1 is 1.35 bits per heavy atom. The summed E-state index contributed by atoms with van der Waals surface area (Å²) < 4.78 is 7.17. The molecule has 2 aromatic rings. The molecule has 0 aliphatic heterocycles. The number of ether oxygens (including phenoxy) is 1. The van der Waals surface area contributed by atoms with Crippen LogP contribution in [0.4, 0.5) is 5.69 Å². The molecule has 0 unspecified atom stereocenters. The molecule has 138 valence electrons. The summed E-state index contributed by atoms with van der Waals surface area (Å²) in [5.74, 6) is 2.16. The maximum Gasteiger partial charge on any atom is 0.224 e. The average Bonchev–Trinajstić information content (AvgIpc) is 3.23. The molecule has 0 bridgehead atoms. The van der Waals surface area contributed by atoms with E-state index in [0.29, 0.717) is 23.8 Å². The fourth-order valence-electron chi connectivity index (χ4n) is 3.66. The lowest BCUT2D eigenvalue weighted by Crippen LogP contribution is -2.28. The van der Waals surface area contributed by atoms with Gasteiger partial charge in [0.1, 0.15) is 11.4 Å². The summed E-state index contributed by atoms with van der Waals surface area (Å²) in [5, 5.41) is 15.0. The van der Waals surface area contributed by atoms with Gasteiger partial charge in [0.05, 0.1) is 7.11 Å². The largest absolute Gasteiger partial charge is 0.494 e. The number of hydrogen-bond acceptors (Lipinski definition) is 6. The SMILES string of the molecule is COc1ccc(NC(=O)C[C@@H]2CCC[C@H]2N)cc1-n1nnnc1C1CC1. The van der Waals surface area contributed by atoms with E-state index in [4.69, 9.17) is 10.5 Å². The third-order valence-corrected chi connectivity index (χ3v) is 5.29. The molecule has 2 aliphatic rings. The highest BCUT2D eigenvalue weighted by Crippen LogP contribution is 2.40. The maximum absolute atomic E-state index is 12.4. The molecule has 3 N–H and O–H groups in total. The third kappa shape index (κ3) is 3.41. The van der Waals surface area contributed by atoms with Crippen LogP contribution < -0.4 is 15.8 Å². The summed E-state index contributed by atoms with van der Waals surface area (Å²) >= 11 is 0. The number of rotatable bonds is 6. The topological polar surface area (TPSA) is 108 Å². The van der Waals surface area contributed by atoms with Gasteiger partial charge in [0.15, 0.2) is 5.82 Å². The van der Waals surface area contributed by atoms with Gasteiger partial charge in [-0.2, -0.15) is 4.68 Å². The van der Waals surface area contributed by atoms with Gasteiger partial charge in [0.2, 0.25) is 5.91 Å². The van der Waals surface area contributed by atoms with E-state index >= 15 is 0 Å². The van der Waals surface area contributed by atoms with Crippen LogP contribution in [0.15, 0.2) is 18.2 Å². The first kappa shape index (κ1) is 17.0. The fourth-order valence-corrected chi connectivity index (χ4v) is 3.66. The maximum atomic E-state index is 12.4. The molecule has 2 saturated carbocycles. The van der Waals surface area contributed by atoms with Crippen molar-refractivity contribution in [2.24, 2.45) is 11.7 Å².